The number of nitrogens with zero attached hydrogens (tertiary/aromatic N) is 1. The average molecular weight is 515 g/mol. The smallest absolute Gasteiger partial charge is 0.416 e. The lowest BCUT2D eigenvalue weighted by atomic mass is 10.1. The Morgan fingerprint density at radius 2 is 1.67 bits per heavy atom. The monoisotopic (exact) mass is 514 g/mol. The van der Waals surface area contributed by atoms with Gasteiger partial charge in [-0.3, -0.25) is 14.2 Å². The number of alkyl halides is 3. The minimum atomic E-state index is -4.42. The van der Waals surface area contributed by atoms with Gasteiger partial charge in [-0.1, -0.05) is 23.7 Å². The Morgan fingerprint density at radius 1 is 1.00 bits per heavy atom. The van der Waals surface area contributed by atoms with Crippen LogP contribution in [0.3, 0.4) is 0 Å². The second kappa shape index (κ2) is 10.1. The van der Waals surface area contributed by atoms with Crippen molar-refractivity contribution >= 4 is 34.3 Å². The maximum absolute atomic E-state index is 13.4. The predicted octanol–water partition coefficient (Wildman–Crippen LogP) is 6.18. The molecule has 3 aromatic carbocycles. The van der Waals surface area contributed by atoms with Gasteiger partial charge in [-0.05, 0) is 72.6 Å². The van der Waals surface area contributed by atoms with Gasteiger partial charge < -0.3 is 10.1 Å². The van der Waals surface area contributed by atoms with Crippen molar-refractivity contribution in [2.75, 3.05) is 7.11 Å². The Balaban J connectivity index is 1.61. The summed E-state index contributed by atoms with van der Waals surface area (Å²) in [6.07, 6.45) is -4.45. The number of hydrogen-bond donors (Lipinski definition) is 1. The van der Waals surface area contributed by atoms with Crippen molar-refractivity contribution < 1.29 is 27.5 Å². The largest absolute Gasteiger partial charge is 0.497 e. The van der Waals surface area contributed by atoms with Gasteiger partial charge in [0.1, 0.15) is 5.75 Å². The van der Waals surface area contributed by atoms with Gasteiger partial charge in [0.05, 0.1) is 24.6 Å². The molecule has 0 spiro atoms. The molecule has 0 saturated heterocycles. The van der Waals surface area contributed by atoms with Crippen molar-refractivity contribution in [1.82, 2.24) is 9.88 Å². The maximum atomic E-state index is 13.4. The van der Waals surface area contributed by atoms with Crippen LogP contribution in [0.5, 0.6) is 5.75 Å². The fourth-order valence-electron chi connectivity index (χ4n) is 4.03. The average Bonchev–Trinajstić information content (AvgIpc) is 3.12. The van der Waals surface area contributed by atoms with E-state index in [-0.39, 0.29) is 24.8 Å². The summed E-state index contributed by atoms with van der Waals surface area (Å²) in [6, 6.07) is 16.4. The molecule has 186 valence electrons. The van der Waals surface area contributed by atoms with E-state index < -0.39 is 11.7 Å². The molecule has 5 nitrogen and oxygen atoms in total. The zero-order chi connectivity index (χ0) is 26.0. The van der Waals surface area contributed by atoms with Gasteiger partial charge in [0.25, 0.3) is 5.91 Å². The van der Waals surface area contributed by atoms with Gasteiger partial charge in [0, 0.05) is 28.2 Å². The predicted molar refractivity (Wildman–Crippen MR) is 131 cm³/mol. The van der Waals surface area contributed by atoms with Gasteiger partial charge >= 0.3 is 6.18 Å². The van der Waals surface area contributed by atoms with E-state index in [2.05, 4.69) is 5.32 Å². The Kier molecular flexibility index (Phi) is 7.08. The minimum Gasteiger partial charge on any atom is -0.497 e. The van der Waals surface area contributed by atoms with Crippen LogP contribution < -0.4 is 10.1 Å². The molecule has 0 atom stereocenters. The molecule has 0 fully saturated rings. The van der Waals surface area contributed by atoms with Crippen molar-refractivity contribution in [3.8, 4) is 5.75 Å². The van der Waals surface area contributed by atoms with Gasteiger partial charge in [-0.2, -0.15) is 13.2 Å². The van der Waals surface area contributed by atoms with Crippen LogP contribution in [0.2, 0.25) is 5.02 Å². The van der Waals surface area contributed by atoms with E-state index in [1.54, 1.807) is 54.0 Å². The topological polar surface area (TPSA) is 60.3 Å². The number of ether oxygens (including phenoxy) is 1. The van der Waals surface area contributed by atoms with Crippen molar-refractivity contribution in [1.29, 1.82) is 0 Å². The molecule has 4 aromatic rings. The number of halogens is 4. The summed E-state index contributed by atoms with van der Waals surface area (Å²) in [4.78, 5) is 26.2. The first-order valence-electron chi connectivity index (χ1n) is 11.0. The van der Waals surface area contributed by atoms with Gasteiger partial charge in [0.2, 0.25) is 5.91 Å². The third-order valence-electron chi connectivity index (χ3n) is 5.94. The molecule has 36 heavy (non-hydrogen) atoms. The summed E-state index contributed by atoms with van der Waals surface area (Å²) in [6.45, 7) is 1.83. The van der Waals surface area contributed by atoms with Gasteiger partial charge in [-0.15, -0.1) is 0 Å². The number of hydrogen-bond acceptors (Lipinski definition) is 3. The normalized spacial score (nSPS) is 11.5. The first-order chi connectivity index (χ1) is 17.1. The van der Waals surface area contributed by atoms with Crippen molar-refractivity contribution in [2.45, 2.75) is 26.1 Å². The number of benzene rings is 3. The van der Waals surface area contributed by atoms with E-state index in [4.69, 9.17) is 16.3 Å². The highest BCUT2D eigenvalue weighted by Crippen LogP contribution is 2.31. The molecule has 1 N–H and O–H groups in total. The molecule has 0 aliphatic heterocycles. The number of aromatic nitrogens is 1. The second-order valence-electron chi connectivity index (χ2n) is 8.24. The molecule has 0 radical (unpaired) electrons. The number of fused-ring (bicyclic) bond motifs is 1. The van der Waals surface area contributed by atoms with Crippen LogP contribution in [0.1, 0.15) is 32.7 Å². The van der Waals surface area contributed by atoms with E-state index >= 15 is 0 Å². The van der Waals surface area contributed by atoms with Crippen LogP contribution >= 0.6 is 11.6 Å². The Bertz CT molecular complexity index is 1430. The van der Waals surface area contributed by atoms with Gasteiger partial charge in [0.15, 0.2) is 0 Å². The third-order valence-corrected chi connectivity index (χ3v) is 6.20. The highest BCUT2D eigenvalue weighted by Gasteiger charge is 2.30. The lowest BCUT2D eigenvalue weighted by molar-refractivity contribution is -0.137. The fourth-order valence-corrected chi connectivity index (χ4v) is 4.16. The number of methoxy groups -OCH3 is 1. The van der Waals surface area contributed by atoms with E-state index in [1.165, 1.54) is 19.2 Å². The molecule has 0 saturated carbocycles. The quantitative estimate of drug-likeness (QED) is 0.334. The Morgan fingerprint density at radius 3 is 2.28 bits per heavy atom. The molecule has 4 rings (SSSR count). The summed E-state index contributed by atoms with van der Waals surface area (Å²) in [5.74, 6) is -0.0282. The summed E-state index contributed by atoms with van der Waals surface area (Å²) in [5.41, 5.74) is 2.10. The standard InChI is InChI=1S/C27H22ClF3N2O3/c1-16-22(14-25(34)32-15-17-3-7-19(8-4-17)27(29,30)31)23-13-21(36-2)11-12-24(23)33(16)26(35)18-5-9-20(28)10-6-18/h3-13H,14-15H2,1-2H3,(H,32,34). The lowest BCUT2D eigenvalue weighted by Gasteiger charge is -2.09. The number of nitrogens with one attached hydrogen (secondary N) is 1. The van der Waals surface area contributed by atoms with Crippen molar-refractivity contribution in [3.05, 3.63) is 99.7 Å². The van der Waals surface area contributed by atoms with Crippen molar-refractivity contribution in [2.24, 2.45) is 0 Å². The van der Waals surface area contributed by atoms with Crippen molar-refractivity contribution in [3.63, 3.8) is 0 Å². The van der Waals surface area contributed by atoms with E-state index in [0.29, 0.717) is 44.1 Å². The third kappa shape index (κ3) is 5.23. The highest BCUT2D eigenvalue weighted by atomic mass is 35.5. The first-order valence-corrected chi connectivity index (χ1v) is 11.4. The molecule has 1 aromatic heterocycles. The Labute approximate surface area is 210 Å². The number of carbonyl (C=O) groups is 2. The SMILES string of the molecule is COc1ccc2c(c1)c(CC(=O)NCc1ccc(C(F)(F)F)cc1)c(C)n2C(=O)c1ccc(Cl)cc1. The zero-order valence-corrected chi connectivity index (χ0v) is 20.2. The summed E-state index contributed by atoms with van der Waals surface area (Å²) in [5, 5.41) is 3.95. The molecule has 1 heterocycles. The Hall–Kier alpha value is -3.78. The molecule has 0 aliphatic rings. The number of rotatable bonds is 6. The van der Waals surface area contributed by atoms with Crippen LogP contribution in [0.25, 0.3) is 10.9 Å². The van der Waals surface area contributed by atoms with E-state index in [1.807, 2.05) is 0 Å². The molecule has 1 amide bonds. The molecular formula is C27H22ClF3N2O3. The molecule has 0 unspecified atom stereocenters. The first kappa shape index (κ1) is 25.3. The van der Waals surface area contributed by atoms with Crippen LogP contribution in [0, 0.1) is 6.92 Å². The fraction of sp³-hybridized carbons (Fsp3) is 0.185. The summed E-state index contributed by atoms with van der Waals surface area (Å²) >= 11 is 5.96. The molecule has 0 bridgehead atoms. The van der Waals surface area contributed by atoms with Crippen LogP contribution in [0.15, 0.2) is 66.7 Å². The summed E-state index contributed by atoms with van der Waals surface area (Å²) in [7, 11) is 1.53. The van der Waals surface area contributed by atoms with Crippen LogP contribution in [-0.4, -0.2) is 23.5 Å². The lowest BCUT2D eigenvalue weighted by Crippen LogP contribution is -2.25. The maximum Gasteiger partial charge on any atom is 0.416 e. The van der Waals surface area contributed by atoms with Gasteiger partial charge in [-0.25, -0.2) is 0 Å². The zero-order valence-electron chi connectivity index (χ0n) is 19.4. The molecule has 0 aliphatic carbocycles. The van der Waals surface area contributed by atoms with E-state index in [0.717, 1.165) is 12.1 Å². The summed E-state index contributed by atoms with van der Waals surface area (Å²) < 4.78 is 45.2. The molecular weight excluding hydrogens is 493 g/mol. The second-order valence-corrected chi connectivity index (χ2v) is 8.68. The minimum absolute atomic E-state index is 0.0307. The number of carbonyl (C=O) groups excluding carboxylic acids is 2. The number of amides is 1. The van der Waals surface area contributed by atoms with Crippen LogP contribution in [0.4, 0.5) is 13.2 Å². The van der Waals surface area contributed by atoms with Crippen LogP contribution in [-0.2, 0) is 23.9 Å². The molecule has 9 heteroatoms. The highest BCUT2D eigenvalue weighted by molar-refractivity contribution is 6.30. The van der Waals surface area contributed by atoms with E-state index in [9.17, 15) is 22.8 Å².